The van der Waals surface area contributed by atoms with Gasteiger partial charge in [-0.05, 0) is 49.2 Å². The van der Waals surface area contributed by atoms with E-state index in [4.69, 9.17) is 9.15 Å². The average molecular weight is 326 g/mol. The summed E-state index contributed by atoms with van der Waals surface area (Å²) in [6.07, 6.45) is 6.42. The topological polar surface area (TPSA) is 80.6 Å². The number of amides is 2. The lowest BCUT2D eigenvalue weighted by Crippen LogP contribution is -2.26. The molecule has 0 unspecified atom stereocenters. The van der Waals surface area contributed by atoms with Crippen molar-refractivity contribution < 1.29 is 18.7 Å². The van der Waals surface area contributed by atoms with Crippen LogP contribution in [0.4, 0.5) is 5.69 Å². The molecule has 0 aliphatic heterocycles. The van der Waals surface area contributed by atoms with E-state index in [-0.39, 0.29) is 17.9 Å². The molecule has 0 atom stereocenters. The van der Waals surface area contributed by atoms with E-state index in [1.165, 1.54) is 19.4 Å². The Morgan fingerprint density at radius 1 is 1.29 bits per heavy atom. The molecule has 0 saturated heterocycles. The van der Waals surface area contributed by atoms with E-state index in [0.717, 1.165) is 12.8 Å². The highest BCUT2D eigenvalue weighted by Gasteiger charge is 2.25. The summed E-state index contributed by atoms with van der Waals surface area (Å²) in [5.74, 6) is 0.561. The van der Waals surface area contributed by atoms with E-state index in [1.54, 1.807) is 36.4 Å². The number of carbonyl (C=O) groups is 2. The zero-order valence-electron chi connectivity index (χ0n) is 13.2. The first kappa shape index (κ1) is 15.9. The van der Waals surface area contributed by atoms with Gasteiger partial charge in [-0.1, -0.05) is 0 Å². The van der Waals surface area contributed by atoms with E-state index < -0.39 is 0 Å². The minimum absolute atomic E-state index is 0.221. The van der Waals surface area contributed by atoms with Gasteiger partial charge in [-0.25, -0.2) is 0 Å². The van der Waals surface area contributed by atoms with Gasteiger partial charge in [-0.15, -0.1) is 0 Å². The van der Waals surface area contributed by atoms with Crippen LogP contribution >= 0.6 is 0 Å². The predicted octanol–water partition coefficient (Wildman–Crippen LogP) is 2.83. The monoisotopic (exact) mass is 326 g/mol. The molecule has 2 N–H and O–H groups in total. The third kappa shape index (κ3) is 4.04. The van der Waals surface area contributed by atoms with Crippen LogP contribution < -0.4 is 15.4 Å². The molecule has 0 radical (unpaired) electrons. The van der Waals surface area contributed by atoms with Crippen LogP contribution in [0.25, 0.3) is 6.08 Å². The molecule has 2 aromatic rings. The van der Waals surface area contributed by atoms with E-state index in [2.05, 4.69) is 10.6 Å². The van der Waals surface area contributed by atoms with Crippen LogP contribution in [0.5, 0.6) is 5.75 Å². The fourth-order valence-corrected chi connectivity index (χ4v) is 2.16. The van der Waals surface area contributed by atoms with Crippen LogP contribution in [0.1, 0.15) is 29.0 Å². The van der Waals surface area contributed by atoms with E-state index >= 15 is 0 Å². The highest BCUT2D eigenvalue weighted by Crippen LogP contribution is 2.25. The maximum Gasteiger partial charge on any atom is 0.253 e. The molecular formula is C18H18N2O4. The molecule has 1 saturated carbocycles. The van der Waals surface area contributed by atoms with Crippen LogP contribution in [0, 0.1) is 0 Å². The number of rotatable bonds is 6. The number of hydrogen-bond acceptors (Lipinski definition) is 4. The fourth-order valence-electron chi connectivity index (χ4n) is 2.16. The Kier molecular flexibility index (Phi) is 4.65. The van der Waals surface area contributed by atoms with Gasteiger partial charge >= 0.3 is 0 Å². The second-order valence-corrected chi connectivity index (χ2v) is 5.50. The molecule has 1 heterocycles. The molecule has 24 heavy (non-hydrogen) atoms. The molecule has 1 aromatic heterocycles. The Morgan fingerprint density at radius 3 is 2.79 bits per heavy atom. The summed E-state index contributed by atoms with van der Waals surface area (Å²) < 4.78 is 10.3. The minimum atomic E-state index is -0.350. The van der Waals surface area contributed by atoms with E-state index in [1.807, 2.05) is 0 Å². The van der Waals surface area contributed by atoms with Gasteiger partial charge in [0.15, 0.2) is 0 Å². The van der Waals surface area contributed by atoms with Gasteiger partial charge in [0.25, 0.3) is 5.91 Å². The first-order valence-electron chi connectivity index (χ1n) is 7.67. The summed E-state index contributed by atoms with van der Waals surface area (Å²) in [6.45, 7) is 0. The van der Waals surface area contributed by atoms with Gasteiger partial charge in [0.2, 0.25) is 5.91 Å². The van der Waals surface area contributed by atoms with Crippen LogP contribution in [-0.4, -0.2) is 25.0 Å². The standard InChI is InChI=1S/C18H18N2O4/c1-23-14-6-8-16(15(11-14)18(22)19-12-4-5-12)20-17(21)9-7-13-3-2-10-24-13/h2-3,6-12H,4-5H2,1H3,(H,19,22)(H,20,21)/b9-7-. The second-order valence-electron chi connectivity index (χ2n) is 5.50. The van der Waals surface area contributed by atoms with Crippen molar-refractivity contribution in [1.29, 1.82) is 0 Å². The summed E-state index contributed by atoms with van der Waals surface area (Å²) >= 11 is 0. The second kappa shape index (κ2) is 7.04. The molecule has 1 fully saturated rings. The van der Waals surface area contributed by atoms with Crippen molar-refractivity contribution in [2.45, 2.75) is 18.9 Å². The molecule has 2 amide bonds. The zero-order chi connectivity index (χ0) is 16.9. The van der Waals surface area contributed by atoms with Gasteiger partial charge in [0.05, 0.1) is 24.6 Å². The number of benzene rings is 1. The molecule has 1 aromatic carbocycles. The van der Waals surface area contributed by atoms with Gasteiger partial charge in [-0.2, -0.15) is 0 Å². The average Bonchev–Trinajstić information content (AvgIpc) is 3.24. The predicted molar refractivity (Wildman–Crippen MR) is 89.9 cm³/mol. The normalized spacial score (nSPS) is 13.7. The molecular weight excluding hydrogens is 308 g/mol. The highest BCUT2D eigenvalue weighted by atomic mass is 16.5. The molecule has 6 heteroatoms. The van der Waals surface area contributed by atoms with Crippen LogP contribution in [0.3, 0.4) is 0 Å². The molecule has 6 nitrogen and oxygen atoms in total. The smallest absolute Gasteiger partial charge is 0.253 e. The molecule has 0 bridgehead atoms. The number of hydrogen-bond donors (Lipinski definition) is 2. The number of methoxy groups -OCH3 is 1. The van der Waals surface area contributed by atoms with Crippen molar-refractivity contribution >= 4 is 23.6 Å². The Balaban J connectivity index is 1.75. The summed E-state index contributed by atoms with van der Waals surface area (Å²) in [7, 11) is 1.53. The summed E-state index contributed by atoms with van der Waals surface area (Å²) in [4.78, 5) is 24.4. The van der Waals surface area contributed by atoms with Crippen LogP contribution in [0.15, 0.2) is 47.1 Å². The number of carbonyl (C=O) groups excluding carboxylic acids is 2. The van der Waals surface area contributed by atoms with Gasteiger partial charge in [0, 0.05) is 12.1 Å². The van der Waals surface area contributed by atoms with E-state index in [0.29, 0.717) is 22.8 Å². The lowest BCUT2D eigenvalue weighted by atomic mass is 10.1. The number of ether oxygens (including phenoxy) is 1. The summed E-state index contributed by atoms with van der Waals surface area (Å²) in [5.41, 5.74) is 0.809. The Labute approximate surface area is 139 Å². The van der Waals surface area contributed by atoms with Gasteiger partial charge < -0.3 is 19.8 Å². The third-order valence-corrected chi connectivity index (χ3v) is 3.58. The number of nitrogens with one attached hydrogen (secondary N) is 2. The van der Waals surface area contributed by atoms with E-state index in [9.17, 15) is 9.59 Å². The zero-order valence-corrected chi connectivity index (χ0v) is 13.2. The maximum atomic E-state index is 12.4. The molecule has 1 aliphatic rings. The Hall–Kier alpha value is -3.02. The van der Waals surface area contributed by atoms with Crippen LogP contribution in [0.2, 0.25) is 0 Å². The Bertz CT molecular complexity index is 761. The van der Waals surface area contributed by atoms with Crippen molar-refractivity contribution in [3.63, 3.8) is 0 Å². The lowest BCUT2D eigenvalue weighted by Gasteiger charge is -2.12. The van der Waals surface area contributed by atoms with Crippen molar-refractivity contribution in [2.24, 2.45) is 0 Å². The van der Waals surface area contributed by atoms with Crippen molar-refractivity contribution in [1.82, 2.24) is 5.32 Å². The first-order chi connectivity index (χ1) is 11.7. The first-order valence-corrected chi connectivity index (χ1v) is 7.67. The maximum absolute atomic E-state index is 12.4. The summed E-state index contributed by atoms with van der Waals surface area (Å²) in [5, 5.41) is 5.63. The minimum Gasteiger partial charge on any atom is -0.497 e. The number of anilines is 1. The van der Waals surface area contributed by atoms with Gasteiger partial charge in [0.1, 0.15) is 11.5 Å². The van der Waals surface area contributed by atoms with Crippen LogP contribution in [-0.2, 0) is 4.79 Å². The summed E-state index contributed by atoms with van der Waals surface area (Å²) in [6, 6.07) is 8.67. The SMILES string of the molecule is COc1ccc(NC(=O)/C=C\c2ccco2)c(C(=O)NC2CC2)c1. The third-order valence-electron chi connectivity index (χ3n) is 3.58. The largest absolute Gasteiger partial charge is 0.497 e. The van der Waals surface area contributed by atoms with Crippen molar-refractivity contribution in [3.8, 4) is 5.75 Å². The Morgan fingerprint density at radius 2 is 2.12 bits per heavy atom. The van der Waals surface area contributed by atoms with Gasteiger partial charge in [-0.3, -0.25) is 9.59 Å². The molecule has 1 aliphatic carbocycles. The van der Waals surface area contributed by atoms with Crippen molar-refractivity contribution in [2.75, 3.05) is 12.4 Å². The fraction of sp³-hybridized carbons (Fsp3) is 0.222. The highest BCUT2D eigenvalue weighted by molar-refractivity contribution is 6.07. The molecule has 124 valence electrons. The number of furan rings is 1. The molecule has 3 rings (SSSR count). The lowest BCUT2D eigenvalue weighted by molar-refractivity contribution is -0.111. The van der Waals surface area contributed by atoms with Crippen molar-refractivity contribution in [3.05, 3.63) is 54.0 Å². The molecule has 0 spiro atoms. The quantitative estimate of drug-likeness (QED) is 0.800.